The third-order valence-electron chi connectivity index (χ3n) is 6.27. The molecule has 4 rings (SSSR count). The van der Waals surface area contributed by atoms with E-state index in [2.05, 4.69) is 21.9 Å². The summed E-state index contributed by atoms with van der Waals surface area (Å²) >= 11 is 0. The van der Waals surface area contributed by atoms with Gasteiger partial charge in [0, 0.05) is 25.7 Å². The highest BCUT2D eigenvalue weighted by atomic mass is 16.5. The van der Waals surface area contributed by atoms with Gasteiger partial charge in [-0.3, -0.25) is 9.80 Å². The minimum atomic E-state index is 0.0215. The summed E-state index contributed by atoms with van der Waals surface area (Å²) in [6.07, 6.45) is 7.81. The van der Waals surface area contributed by atoms with Crippen LogP contribution >= 0.6 is 0 Å². The lowest BCUT2D eigenvalue weighted by atomic mass is 9.78. The number of hydrogen-bond donors (Lipinski definition) is 0. The largest absolute Gasteiger partial charge is 0.371 e. The van der Waals surface area contributed by atoms with Crippen molar-refractivity contribution >= 4 is 0 Å². The normalized spacial score (nSPS) is 31.2. The van der Waals surface area contributed by atoms with Crippen LogP contribution in [-0.4, -0.2) is 54.2 Å². The summed E-state index contributed by atoms with van der Waals surface area (Å²) in [5, 5.41) is 9.13. The minimum Gasteiger partial charge on any atom is -0.371 e. The summed E-state index contributed by atoms with van der Waals surface area (Å²) in [4.78, 5) is 5.26. The van der Waals surface area contributed by atoms with E-state index in [9.17, 15) is 0 Å². The quantitative estimate of drug-likeness (QED) is 0.848. The molecule has 0 N–H and O–H groups in total. The van der Waals surface area contributed by atoms with Crippen LogP contribution in [0.2, 0.25) is 0 Å². The first kappa shape index (κ1) is 17.0. The number of rotatable bonds is 3. The fourth-order valence-electron chi connectivity index (χ4n) is 5.13. The Kier molecular flexibility index (Phi) is 5.08. The van der Waals surface area contributed by atoms with Crippen molar-refractivity contribution in [1.82, 2.24) is 9.80 Å². The zero-order chi connectivity index (χ0) is 17.1. The molecule has 0 amide bonds. The molecule has 0 radical (unpaired) electrons. The van der Waals surface area contributed by atoms with Crippen LogP contribution in [0.25, 0.3) is 0 Å². The summed E-state index contributed by atoms with van der Waals surface area (Å²) in [5.74, 6) is 0. The second kappa shape index (κ2) is 7.45. The smallest absolute Gasteiger partial charge is 0.0991 e. The summed E-state index contributed by atoms with van der Waals surface area (Å²) < 4.78 is 6.51. The molecule has 2 saturated heterocycles. The van der Waals surface area contributed by atoms with Gasteiger partial charge < -0.3 is 4.74 Å². The Hall–Kier alpha value is -1.41. The van der Waals surface area contributed by atoms with Crippen LogP contribution < -0.4 is 0 Å². The Morgan fingerprint density at radius 3 is 2.88 bits per heavy atom. The van der Waals surface area contributed by atoms with Gasteiger partial charge in [-0.05, 0) is 56.5 Å². The molecule has 134 valence electrons. The monoisotopic (exact) mass is 339 g/mol. The average Bonchev–Trinajstić information content (AvgIpc) is 3.17. The molecule has 2 aliphatic heterocycles. The van der Waals surface area contributed by atoms with Gasteiger partial charge in [0.05, 0.1) is 23.8 Å². The zero-order valence-electron chi connectivity index (χ0n) is 15.1. The Labute approximate surface area is 151 Å². The van der Waals surface area contributed by atoms with Gasteiger partial charge in [0.25, 0.3) is 0 Å². The van der Waals surface area contributed by atoms with Crippen LogP contribution in [0.4, 0.5) is 0 Å². The SMILES string of the molecule is N#Cc1cccc(CN2CCO[C@@]3(CCCC[C@H]3N3CCCC3)C2)c1. The number of ether oxygens (including phenoxy) is 1. The highest BCUT2D eigenvalue weighted by Crippen LogP contribution is 2.39. The number of nitriles is 1. The minimum absolute atomic E-state index is 0.0215. The molecule has 1 saturated carbocycles. The summed E-state index contributed by atoms with van der Waals surface area (Å²) in [6.45, 7) is 6.28. The Morgan fingerprint density at radius 1 is 1.16 bits per heavy atom. The molecular weight excluding hydrogens is 310 g/mol. The van der Waals surface area contributed by atoms with Crippen molar-refractivity contribution in [1.29, 1.82) is 5.26 Å². The van der Waals surface area contributed by atoms with E-state index in [-0.39, 0.29) is 5.60 Å². The van der Waals surface area contributed by atoms with Crippen molar-refractivity contribution < 1.29 is 4.74 Å². The van der Waals surface area contributed by atoms with Crippen LogP contribution in [0.5, 0.6) is 0 Å². The van der Waals surface area contributed by atoms with Gasteiger partial charge in [-0.15, -0.1) is 0 Å². The molecule has 1 aromatic carbocycles. The summed E-state index contributed by atoms with van der Waals surface area (Å²) in [5.41, 5.74) is 2.02. The standard InChI is InChI=1S/C21H29N3O/c22-15-18-6-5-7-19(14-18)16-23-12-13-25-21(17-23)9-2-1-8-20(21)24-10-3-4-11-24/h5-7,14,20H,1-4,8-13,16-17H2/t20-,21+/m1/s1. The lowest BCUT2D eigenvalue weighted by molar-refractivity contribution is -0.165. The predicted octanol–water partition coefficient (Wildman–Crippen LogP) is 3.17. The van der Waals surface area contributed by atoms with Gasteiger partial charge in [0.1, 0.15) is 0 Å². The molecule has 3 fully saturated rings. The molecule has 1 spiro atoms. The maximum absolute atomic E-state index is 9.13. The highest BCUT2D eigenvalue weighted by molar-refractivity contribution is 5.32. The van der Waals surface area contributed by atoms with Gasteiger partial charge in [-0.2, -0.15) is 5.26 Å². The van der Waals surface area contributed by atoms with E-state index in [1.54, 1.807) is 0 Å². The van der Waals surface area contributed by atoms with Gasteiger partial charge in [-0.25, -0.2) is 0 Å². The fourth-order valence-corrected chi connectivity index (χ4v) is 5.13. The molecule has 1 aliphatic carbocycles. The first-order chi connectivity index (χ1) is 12.3. The molecule has 2 atom stereocenters. The lowest BCUT2D eigenvalue weighted by Gasteiger charge is -2.52. The van der Waals surface area contributed by atoms with Crippen molar-refractivity contribution in [3.05, 3.63) is 35.4 Å². The van der Waals surface area contributed by atoms with Crippen LogP contribution in [0.1, 0.15) is 49.7 Å². The molecule has 4 heteroatoms. The predicted molar refractivity (Wildman–Crippen MR) is 98.2 cm³/mol. The number of hydrogen-bond acceptors (Lipinski definition) is 4. The molecule has 0 unspecified atom stereocenters. The molecule has 2 heterocycles. The number of likely N-dealkylation sites (tertiary alicyclic amines) is 1. The van der Waals surface area contributed by atoms with Crippen molar-refractivity contribution in [3.8, 4) is 6.07 Å². The molecule has 1 aromatic rings. The maximum atomic E-state index is 9.13. The van der Waals surface area contributed by atoms with Crippen molar-refractivity contribution in [2.75, 3.05) is 32.8 Å². The third kappa shape index (κ3) is 3.60. The van der Waals surface area contributed by atoms with E-state index in [1.165, 1.54) is 57.2 Å². The van der Waals surface area contributed by atoms with E-state index in [4.69, 9.17) is 10.00 Å². The van der Waals surface area contributed by atoms with Crippen LogP contribution in [0, 0.1) is 11.3 Å². The average molecular weight is 339 g/mol. The van der Waals surface area contributed by atoms with Gasteiger partial charge in [0.15, 0.2) is 0 Å². The second-order valence-corrected chi connectivity index (χ2v) is 7.94. The highest BCUT2D eigenvalue weighted by Gasteiger charge is 2.47. The van der Waals surface area contributed by atoms with Crippen LogP contribution in [0.3, 0.4) is 0 Å². The maximum Gasteiger partial charge on any atom is 0.0991 e. The Bertz CT molecular complexity index is 630. The molecule has 4 nitrogen and oxygen atoms in total. The Balaban J connectivity index is 1.49. The molecule has 25 heavy (non-hydrogen) atoms. The number of morpholine rings is 1. The first-order valence-electron chi connectivity index (χ1n) is 9.88. The van der Waals surface area contributed by atoms with E-state index >= 15 is 0 Å². The fraction of sp³-hybridized carbons (Fsp3) is 0.667. The van der Waals surface area contributed by atoms with Gasteiger partial charge in [0.2, 0.25) is 0 Å². The van der Waals surface area contributed by atoms with Crippen molar-refractivity contribution in [3.63, 3.8) is 0 Å². The van der Waals surface area contributed by atoms with Crippen LogP contribution in [0.15, 0.2) is 24.3 Å². The van der Waals surface area contributed by atoms with E-state index < -0.39 is 0 Å². The van der Waals surface area contributed by atoms with Crippen LogP contribution in [-0.2, 0) is 11.3 Å². The van der Waals surface area contributed by atoms with E-state index in [0.29, 0.717) is 6.04 Å². The third-order valence-corrected chi connectivity index (χ3v) is 6.27. The lowest BCUT2D eigenvalue weighted by Crippen LogP contribution is -2.63. The summed E-state index contributed by atoms with van der Waals surface area (Å²) in [7, 11) is 0. The first-order valence-corrected chi connectivity index (χ1v) is 9.88. The molecular formula is C21H29N3O. The number of benzene rings is 1. The van der Waals surface area contributed by atoms with E-state index in [0.717, 1.165) is 31.8 Å². The molecule has 0 aromatic heterocycles. The van der Waals surface area contributed by atoms with Gasteiger partial charge in [-0.1, -0.05) is 25.0 Å². The van der Waals surface area contributed by atoms with E-state index in [1.807, 2.05) is 18.2 Å². The number of nitrogens with zero attached hydrogens (tertiary/aromatic N) is 3. The topological polar surface area (TPSA) is 39.5 Å². The molecule has 0 bridgehead atoms. The van der Waals surface area contributed by atoms with Crippen molar-refractivity contribution in [2.24, 2.45) is 0 Å². The van der Waals surface area contributed by atoms with Gasteiger partial charge >= 0.3 is 0 Å². The second-order valence-electron chi connectivity index (χ2n) is 7.94. The van der Waals surface area contributed by atoms with Crippen molar-refractivity contribution in [2.45, 2.75) is 56.7 Å². The Morgan fingerprint density at radius 2 is 2.04 bits per heavy atom. The molecule has 3 aliphatic rings. The zero-order valence-corrected chi connectivity index (χ0v) is 15.1. The summed E-state index contributed by atoms with van der Waals surface area (Å²) in [6, 6.07) is 10.9.